The Balaban J connectivity index is 1.83. The summed E-state index contributed by atoms with van der Waals surface area (Å²) in [7, 11) is 0. The Hall–Kier alpha value is -1.58. The van der Waals surface area contributed by atoms with Gasteiger partial charge in [-0.2, -0.15) is 0 Å². The van der Waals surface area contributed by atoms with E-state index in [4.69, 9.17) is 0 Å². The predicted molar refractivity (Wildman–Crippen MR) is 79.9 cm³/mol. The second-order valence-electron chi connectivity index (χ2n) is 6.03. The zero-order chi connectivity index (χ0) is 14.1. The molecule has 1 aromatic rings. The first-order chi connectivity index (χ1) is 9.69. The van der Waals surface area contributed by atoms with E-state index >= 15 is 0 Å². The summed E-state index contributed by atoms with van der Waals surface area (Å²) in [5, 5.41) is 3.29. The lowest BCUT2D eigenvalue weighted by Gasteiger charge is -2.23. The summed E-state index contributed by atoms with van der Waals surface area (Å²) in [5.74, 6) is 0.892. The Labute approximate surface area is 120 Å². The van der Waals surface area contributed by atoms with Crippen molar-refractivity contribution in [3.05, 3.63) is 23.5 Å². The van der Waals surface area contributed by atoms with Gasteiger partial charge in [0, 0.05) is 31.0 Å². The summed E-state index contributed by atoms with van der Waals surface area (Å²) in [6, 6.07) is 2.44. The first-order valence-corrected chi connectivity index (χ1v) is 7.70. The molecule has 108 valence electrons. The van der Waals surface area contributed by atoms with Gasteiger partial charge in [0.15, 0.2) is 0 Å². The number of nitrogens with one attached hydrogen (secondary N) is 1. The van der Waals surface area contributed by atoms with E-state index in [1.54, 1.807) is 6.20 Å². The molecule has 0 saturated heterocycles. The number of anilines is 1. The van der Waals surface area contributed by atoms with Crippen molar-refractivity contribution in [3.63, 3.8) is 0 Å². The Bertz CT molecular complexity index is 506. The number of aromatic nitrogens is 1. The van der Waals surface area contributed by atoms with Gasteiger partial charge in [0.05, 0.1) is 11.3 Å². The molecule has 4 heteroatoms. The normalized spacial score (nSPS) is 17.9. The minimum Gasteiger partial charge on any atom is -0.385 e. The van der Waals surface area contributed by atoms with Crippen LogP contribution in [0.2, 0.25) is 0 Å². The fourth-order valence-electron chi connectivity index (χ4n) is 2.58. The number of nitrogens with zero attached hydrogens (tertiary/aromatic N) is 2. The van der Waals surface area contributed by atoms with Gasteiger partial charge < -0.3 is 10.2 Å². The quantitative estimate of drug-likeness (QED) is 0.867. The average molecular weight is 273 g/mol. The first kappa shape index (κ1) is 13.4. The van der Waals surface area contributed by atoms with Crippen LogP contribution in [0, 0.1) is 12.8 Å². The van der Waals surface area contributed by atoms with Crippen LogP contribution in [0.1, 0.15) is 48.7 Å². The molecule has 0 bridgehead atoms. The number of carbonyl (C=O) groups is 1. The largest absolute Gasteiger partial charge is 0.385 e. The summed E-state index contributed by atoms with van der Waals surface area (Å²) in [4.78, 5) is 19.2. The number of hydrogen-bond donors (Lipinski definition) is 1. The third kappa shape index (κ3) is 2.94. The molecule has 0 radical (unpaired) electrons. The highest BCUT2D eigenvalue weighted by Crippen LogP contribution is 2.36. The molecule has 2 saturated carbocycles. The molecule has 1 N–H and O–H groups in total. The van der Waals surface area contributed by atoms with Crippen LogP contribution in [0.5, 0.6) is 0 Å². The number of rotatable bonds is 6. The highest BCUT2D eigenvalue weighted by atomic mass is 16.2. The smallest absolute Gasteiger partial charge is 0.257 e. The third-order valence-corrected chi connectivity index (χ3v) is 4.04. The number of hydrogen-bond acceptors (Lipinski definition) is 3. The highest BCUT2D eigenvalue weighted by molar-refractivity contribution is 5.99. The van der Waals surface area contributed by atoms with Gasteiger partial charge in [-0.15, -0.1) is 0 Å². The maximum absolute atomic E-state index is 12.8. The van der Waals surface area contributed by atoms with Crippen LogP contribution in [0.3, 0.4) is 0 Å². The zero-order valence-corrected chi connectivity index (χ0v) is 12.4. The van der Waals surface area contributed by atoms with Crippen molar-refractivity contribution in [2.45, 2.75) is 45.6 Å². The molecule has 0 atom stereocenters. The molecule has 0 aromatic carbocycles. The molecular formula is C16H23N3O. The standard InChI is InChI=1S/C16H23N3O/c1-3-17-15-8-11(2)18-9-14(15)16(20)19(13-6-7-13)10-12-4-5-12/h8-9,12-13H,3-7,10H2,1-2H3,(H,17,18). The lowest BCUT2D eigenvalue weighted by atomic mass is 10.1. The Morgan fingerprint density at radius 2 is 2.15 bits per heavy atom. The number of amides is 1. The third-order valence-electron chi connectivity index (χ3n) is 4.04. The van der Waals surface area contributed by atoms with Crippen LogP contribution in [0.25, 0.3) is 0 Å². The van der Waals surface area contributed by atoms with E-state index in [1.165, 1.54) is 12.8 Å². The van der Waals surface area contributed by atoms with Gasteiger partial charge in [-0.1, -0.05) is 0 Å². The minimum absolute atomic E-state index is 0.155. The van der Waals surface area contributed by atoms with Gasteiger partial charge in [-0.3, -0.25) is 9.78 Å². The molecule has 4 nitrogen and oxygen atoms in total. The Kier molecular flexibility index (Phi) is 3.64. The SMILES string of the molecule is CCNc1cc(C)ncc1C(=O)N(CC1CC1)C1CC1. The van der Waals surface area contributed by atoms with Gasteiger partial charge in [-0.25, -0.2) is 0 Å². The van der Waals surface area contributed by atoms with E-state index in [2.05, 4.69) is 15.2 Å². The van der Waals surface area contributed by atoms with Crippen LogP contribution in [0.15, 0.2) is 12.3 Å². The van der Waals surface area contributed by atoms with Crippen LogP contribution >= 0.6 is 0 Å². The van der Waals surface area contributed by atoms with Crippen LogP contribution < -0.4 is 5.32 Å². The van der Waals surface area contributed by atoms with Crippen LogP contribution in [-0.2, 0) is 0 Å². The van der Waals surface area contributed by atoms with E-state index in [9.17, 15) is 4.79 Å². The van der Waals surface area contributed by atoms with E-state index in [0.29, 0.717) is 6.04 Å². The van der Waals surface area contributed by atoms with Crippen molar-refractivity contribution in [2.24, 2.45) is 5.92 Å². The number of pyridine rings is 1. The second kappa shape index (κ2) is 5.43. The fraction of sp³-hybridized carbons (Fsp3) is 0.625. The van der Waals surface area contributed by atoms with Crippen LogP contribution in [-0.4, -0.2) is 34.9 Å². The monoisotopic (exact) mass is 273 g/mol. The van der Waals surface area contributed by atoms with E-state index in [1.807, 2.05) is 19.9 Å². The molecule has 2 aliphatic carbocycles. The van der Waals surface area contributed by atoms with Crippen molar-refractivity contribution in [2.75, 3.05) is 18.4 Å². The van der Waals surface area contributed by atoms with E-state index in [-0.39, 0.29) is 5.91 Å². The summed E-state index contributed by atoms with van der Waals surface area (Å²) in [6.07, 6.45) is 6.62. The second-order valence-corrected chi connectivity index (χ2v) is 6.03. The van der Waals surface area contributed by atoms with Crippen molar-refractivity contribution in [3.8, 4) is 0 Å². The fourth-order valence-corrected chi connectivity index (χ4v) is 2.58. The van der Waals surface area contributed by atoms with Gasteiger partial charge >= 0.3 is 0 Å². The molecule has 0 aliphatic heterocycles. The molecule has 20 heavy (non-hydrogen) atoms. The molecule has 2 aliphatic rings. The van der Waals surface area contributed by atoms with E-state index < -0.39 is 0 Å². The molecule has 0 unspecified atom stereocenters. The number of aryl methyl sites for hydroxylation is 1. The average Bonchev–Trinajstić information content (AvgIpc) is 3.28. The lowest BCUT2D eigenvalue weighted by molar-refractivity contribution is 0.0735. The predicted octanol–water partition coefficient (Wildman–Crippen LogP) is 2.84. The Morgan fingerprint density at radius 3 is 2.75 bits per heavy atom. The first-order valence-electron chi connectivity index (χ1n) is 7.70. The summed E-state index contributed by atoms with van der Waals surface area (Å²) >= 11 is 0. The van der Waals surface area contributed by atoms with Crippen molar-refractivity contribution < 1.29 is 4.79 Å². The Morgan fingerprint density at radius 1 is 1.40 bits per heavy atom. The topological polar surface area (TPSA) is 45.2 Å². The molecule has 1 aromatic heterocycles. The maximum atomic E-state index is 12.8. The van der Waals surface area contributed by atoms with Crippen molar-refractivity contribution in [1.82, 2.24) is 9.88 Å². The molecule has 2 fully saturated rings. The van der Waals surface area contributed by atoms with E-state index in [0.717, 1.165) is 48.8 Å². The lowest BCUT2D eigenvalue weighted by Crippen LogP contribution is -2.35. The van der Waals surface area contributed by atoms with Crippen molar-refractivity contribution in [1.29, 1.82) is 0 Å². The van der Waals surface area contributed by atoms with Gasteiger partial charge in [-0.05, 0) is 51.5 Å². The molecule has 1 amide bonds. The number of carbonyl (C=O) groups excluding carboxylic acids is 1. The summed E-state index contributed by atoms with van der Waals surface area (Å²) in [5.41, 5.74) is 2.59. The molecular weight excluding hydrogens is 250 g/mol. The van der Waals surface area contributed by atoms with Gasteiger partial charge in [0.2, 0.25) is 0 Å². The van der Waals surface area contributed by atoms with Gasteiger partial charge in [0.1, 0.15) is 0 Å². The minimum atomic E-state index is 0.155. The molecule has 3 rings (SSSR count). The maximum Gasteiger partial charge on any atom is 0.257 e. The van der Waals surface area contributed by atoms with Crippen molar-refractivity contribution >= 4 is 11.6 Å². The van der Waals surface area contributed by atoms with Gasteiger partial charge in [0.25, 0.3) is 5.91 Å². The summed E-state index contributed by atoms with van der Waals surface area (Å²) in [6.45, 7) is 5.75. The molecule has 0 spiro atoms. The highest BCUT2D eigenvalue weighted by Gasteiger charge is 2.37. The zero-order valence-electron chi connectivity index (χ0n) is 12.4. The van der Waals surface area contributed by atoms with Crippen LogP contribution in [0.4, 0.5) is 5.69 Å². The molecule has 1 heterocycles. The summed E-state index contributed by atoms with van der Waals surface area (Å²) < 4.78 is 0.